The maximum Gasteiger partial charge on any atom is 0.191 e. The van der Waals surface area contributed by atoms with Crippen molar-refractivity contribution in [1.29, 1.82) is 0 Å². The minimum Gasteiger partial charge on any atom is -0.356 e. The summed E-state index contributed by atoms with van der Waals surface area (Å²) in [6.07, 6.45) is 5.04. The average molecular weight is 268 g/mol. The van der Waals surface area contributed by atoms with Gasteiger partial charge in [0.15, 0.2) is 5.96 Å². The molecule has 0 aromatic rings. The predicted octanol–water partition coefficient (Wildman–Crippen LogP) is 2.07. The van der Waals surface area contributed by atoms with Gasteiger partial charge in [-0.15, -0.1) is 0 Å². The third-order valence-electron chi connectivity index (χ3n) is 4.04. The molecule has 1 atom stereocenters. The third-order valence-corrected chi connectivity index (χ3v) is 4.04. The van der Waals surface area contributed by atoms with Crippen LogP contribution in [0.1, 0.15) is 46.5 Å². The molecule has 112 valence electrons. The van der Waals surface area contributed by atoms with E-state index in [0.29, 0.717) is 6.04 Å². The minimum atomic E-state index is 0.481. The standard InChI is InChI=1S/C15H32N4/c1-5-14(3)18-15(16-4)17-9-6-10-19-11-7-13(2)8-12-19/h13-14H,5-12H2,1-4H3,(H2,16,17,18). The van der Waals surface area contributed by atoms with Crippen LogP contribution >= 0.6 is 0 Å². The number of piperidine rings is 1. The van der Waals surface area contributed by atoms with Crippen molar-refractivity contribution in [3.8, 4) is 0 Å². The molecular weight excluding hydrogens is 236 g/mol. The first-order valence-electron chi connectivity index (χ1n) is 7.85. The lowest BCUT2D eigenvalue weighted by molar-refractivity contribution is 0.191. The second-order valence-corrected chi connectivity index (χ2v) is 5.83. The molecule has 1 heterocycles. The van der Waals surface area contributed by atoms with Crippen LogP contribution in [0.15, 0.2) is 4.99 Å². The second-order valence-electron chi connectivity index (χ2n) is 5.83. The van der Waals surface area contributed by atoms with Gasteiger partial charge in [-0.25, -0.2) is 0 Å². The Bertz CT molecular complexity index is 257. The zero-order chi connectivity index (χ0) is 14.1. The van der Waals surface area contributed by atoms with Crippen LogP contribution in [0.2, 0.25) is 0 Å². The Morgan fingerprint density at radius 1 is 1.37 bits per heavy atom. The quantitative estimate of drug-likeness (QED) is 0.440. The first-order chi connectivity index (χ1) is 9.15. The molecule has 0 bridgehead atoms. The van der Waals surface area contributed by atoms with Crippen molar-refractivity contribution >= 4 is 5.96 Å². The van der Waals surface area contributed by atoms with Crippen LogP contribution in [0.4, 0.5) is 0 Å². The number of nitrogens with zero attached hydrogens (tertiary/aromatic N) is 2. The van der Waals surface area contributed by atoms with Crippen LogP contribution in [0.25, 0.3) is 0 Å². The number of guanidine groups is 1. The van der Waals surface area contributed by atoms with Gasteiger partial charge in [0.25, 0.3) is 0 Å². The van der Waals surface area contributed by atoms with Crippen LogP contribution in [0, 0.1) is 5.92 Å². The molecular formula is C15H32N4. The molecule has 1 saturated heterocycles. The Kier molecular flexibility index (Phi) is 7.87. The fourth-order valence-corrected chi connectivity index (χ4v) is 2.33. The van der Waals surface area contributed by atoms with Gasteiger partial charge in [0, 0.05) is 19.6 Å². The van der Waals surface area contributed by atoms with Crippen LogP contribution in [0.3, 0.4) is 0 Å². The van der Waals surface area contributed by atoms with Gasteiger partial charge in [0.2, 0.25) is 0 Å². The van der Waals surface area contributed by atoms with E-state index in [2.05, 4.69) is 41.3 Å². The fraction of sp³-hybridized carbons (Fsp3) is 0.933. The Balaban J connectivity index is 2.09. The average Bonchev–Trinajstić information content (AvgIpc) is 2.43. The molecule has 2 N–H and O–H groups in total. The van der Waals surface area contributed by atoms with Gasteiger partial charge in [-0.1, -0.05) is 13.8 Å². The summed E-state index contributed by atoms with van der Waals surface area (Å²) in [6, 6.07) is 0.481. The molecule has 1 aliphatic rings. The van der Waals surface area contributed by atoms with E-state index in [1.165, 1.54) is 38.9 Å². The summed E-state index contributed by atoms with van der Waals surface area (Å²) in [4.78, 5) is 6.84. The van der Waals surface area contributed by atoms with Gasteiger partial charge in [-0.05, 0) is 58.2 Å². The van der Waals surface area contributed by atoms with Gasteiger partial charge in [0.1, 0.15) is 0 Å². The molecule has 1 aliphatic heterocycles. The summed E-state index contributed by atoms with van der Waals surface area (Å²) in [5, 5.41) is 6.78. The molecule has 0 aromatic heterocycles. The SMILES string of the molecule is CCC(C)NC(=NC)NCCCN1CCC(C)CC1. The first-order valence-corrected chi connectivity index (χ1v) is 7.85. The van der Waals surface area contributed by atoms with E-state index in [4.69, 9.17) is 0 Å². The van der Waals surface area contributed by atoms with E-state index in [0.717, 1.165) is 24.8 Å². The monoisotopic (exact) mass is 268 g/mol. The van der Waals surface area contributed by atoms with E-state index < -0.39 is 0 Å². The molecule has 1 unspecified atom stereocenters. The van der Waals surface area contributed by atoms with Crippen LogP contribution in [0.5, 0.6) is 0 Å². The van der Waals surface area contributed by atoms with Gasteiger partial charge in [0.05, 0.1) is 0 Å². The molecule has 0 radical (unpaired) electrons. The second kappa shape index (κ2) is 9.18. The maximum atomic E-state index is 4.25. The van der Waals surface area contributed by atoms with Crippen LogP contribution in [-0.2, 0) is 0 Å². The van der Waals surface area contributed by atoms with E-state index in [9.17, 15) is 0 Å². The van der Waals surface area contributed by atoms with E-state index in [1.54, 1.807) is 0 Å². The summed E-state index contributed by atoms with van der Waals surface area (Å²) in [7, 11) is 1.84. The molecule has 19 heavy (non-hydrogen) atoms. The molecule has 1 fully saturated rings. The lowest BCUT2D eigenvalue weighted by Gasteiger charge is -2.30. The number of nitrogens with one attached hydrogen (secondary N) is 2. The summed E-state index contributed by atoms with van der Waals surface area (Å²) in [5.74, 6) is 1.86. The van der Waals surface area contributed by atoms with Crippen molar-refractivity contribution in [2.24, 2.45) is 10.9 Å². The molecule has 0 aromatic carbocycles. The fourth-order valence-electron chi connectivity index (χ4n) is 2.33. The number of hydrogen-bond donors (Lipinski definition) is 2. The Morgan fingerprint density at radius 3 is 2.63 bits per heavy atom. The molecule has 4 nitrogen and oxygen atoms in total. The van der Waals surface area contributed by atoms with Crippen molar-refractivity contribution in [2.45, 2.75) is 52.5 Å². The first kappa shape index (κ1) is 16.3. The number of likely N-dealkylation sites (tertiary alicyclic amines) is 1. The summed E-state index contributed by atoms with van der Waals surface area (Å²) in [5.41, 5.74) is 0. The molecule has 0 saturated carbocycles. The molecule has 0 aliphatic carbocycles. The summed E-state index contributed by atoms with van der Waals surface area (Å²) >= 11 is 0. The zero-order valence-corrected chi connectivity index (χ0v) is 13.2. The summed E-state index contributed by atoms with van der Waals surface area (Å²) < 4.78 is 0. The molecule has 0 amide bonds. The molecule has 1 rings (SSSR count). The normalized spacial score (nSPS) is 20.3. The topological polar surface area (TPSA) is 39.7 Å². The van der Waals surface area contributed by atoms with Crippen molar-refractivity contribution < 1.29 is 0 Å². The Morgan fingerprint density at radius 2 is 2.05 bits per heavy atom. The van der Waals surface area contributed by atoms with Crippen LogP contribution < -0.4 is 10.6 Å². The van der Waals surface area contributed by atoms with Crippen molar-refractivity contribution in [3.05, 3.63) is 0 Å². The maximum absolute atomic E-state index is 4.25. The lowest BCUT2D eigenvalue weighted by atomic mass is 9.99. The van der Waals surface area contributed by atoms with Crippen molar-refractivity contribution in [1.82, 2.24) is 15.5 Å². The van der Waals surface area contributed by atoms with Gasteiger partial charge >= 0.3 is 0 Å². The van der Waals surface area contributed by atoms with Crippen molar-refractivity contribution in [3.63, 3.8) is 0 Å². The lowest BCUT2D eigenvalue weighted by Crippen LogP contribution is -2.43. The minimum absolute atomic E-state index is 0.481. The largest absolute Gasteiger partial charge is 0.356 e. The molecule has 0 spiro atoms. The van der Waals surface area contributed by atoms with E-state index in [-0.39, 0.29) is 0 Å². The third kappa shape index (κ3) is 6.81. The zero-order valence-electron chi connectivity index (χ0n) is 13.2. The highest BCUT2D eigenvalue weighted by atomic mass is 15.2. The Hall–Kier alpha value is -0.770. The smallest absolute Gasteiger partial charge is 0.191 e. The van der Waals surface area contributed by atoms with Crippen molar-refractivity contribution in [2.75, 3.05) is 33.2 Å². The number of hydrogen-bond acceptors (Lipinski definition) is 2. The van der Waals surface area contributed by atoms with E-state index >= 15 is 0 Å². The highest BCUT2D eigenvalue weighted by Gasteiger charge is 2.14. The van der Waals surface area contributed by atoms with E-state index in [1.807, 2.05) is 7.05 Å². The van der Waals surface area contributed by atoms with Crippen LogP contribution in [-0.4, -0.2) is 50.1 Å². The number of aliphatic imine (C=N–C) groups is 1. The van der Waals surface area contributed by atoms with Gasteiger partial charge in [-0.2, -0.15) is 0 Å². The number of rotatable bonds is 6. The summed E-state index contributed by atoms with van der Waals surface area (Å²) in [6.45, 7) is 11.5. The Labute approximate surface area is 119 Å². The molecule has 4 heteroatoms. The highest BCUT2D eigenvalue weighted by Crippen LogP contribution is 2.15. The predicted molar refractivity (Wildman–Crippen MR) is 83.7 cm³/mol. The van der Waals surface area contributed by atoms with Gasteiger partial charge < -0.3 is 15.5 Å². The highest BCUT2D eigenvalue weighted by molar-refractivity contribution is 5.79. The van der Waals surface area contributed by atoms with Gasteiger partial charge in [-0.3, -0.25) is 4.99 Å².